The average Bonchev–Trinajstić information content (AvgIpc) is 3.15. The van der Waals surface area contributed by atoms with Gasteiger partial charge in [0.25, 0.3) is 0 Å². The number of aryl methyl sites for hydroxylation is 2. The lowest BCUT2D eigenvalue weighted by atomic mass is 9.92. The van der Waals surface area contributed by atoms with Crippen molar-refractivity contribution in [3.63, 3.8) is 0 Å². The maximum atomic E-state index is 4.79. The molecule has 2 aromatic heterocycles. The third-order valence-corrected chi connectivity index (χ3v) is 6.18. The van der Waals surface area contributed by atoms with Gasteiger partial charge in [0, 0.05) is 34.7 Å². The summed E-state index contributed by atoms with van der Waals surface area (Å²) in [6, 6.07) is 4.30. The second-order valence-electron chi connectivity index (χ2n) is 6.47. The second-order valence-corrected chi connectivity index (χ2v) is 8.71. The first-order valence-electron chi connectivity index (χ1n) is 8.41. The summed E-state index contributed by atoms with van der Waals surface area (Å²) < 4.78 is 0. The van der Waals surface area contributed by atoms with Crippen molar-refractivity contribution >= 4 is 28.6 Å². The minimum absolute atomic E-state index is 0.0574. The number of rotatable bonds is 7. The Morgan fingerprint density at radius 2 is 2.08 bits per heavy atom. The summed E-state index contributed by atoms with van der Waals surface area (Å²) in [5.41, 5.74) is 1.21. The molecule has 0 saturated heterocycles. The highest BCUT2D eigenvalue weighted by Gasteiger charge is 2.21. The van der Waals surface area contributed by atoms with Crippen LogP contribution in [0, 0.1) is 13.8 Å². The Labute approximate surface area is 153 Å². The number of nitrogens with one attached hydrogen (secondary N) is 2. The standard InChI is InChI=1S/C18H28N4S2/c1-6-19-17(20-10-9-15-13(2)22-14(3)24-15)21-12-18(4,5)16-8-7-11-23-16/h7-8,11H,6,9-10,12H2,1-5H3,(H2,19,20,21). The van der Waals surface area contributed by atoms with E-state index in [-0.39, 0.29) is 5.41 Å². The van der Waals surface area contributed by atoms with E-state index in [0.29, 0.717) is 0 Å². The number of guanidine groups is 1. The van der Waals surface area contributed by atoms with Crippen LogP contribution in [0.15, 0.2) is 22.5 Å². The lowest BCUT2D eigenvalue weighted by molar-refractivity contribution is 0.548. The zero-order valence-corrected chi connectivity index (χ0v) is 16.9. The van der Waals surface area contributed by atoms with Crippen molar-refractivity contribution in [2.24, 2.45) is 4.99 Å². The van der Waals surface area contributed by atoms with Gasteiger partial charge in [0.05, 0.1) is 17.2 Å². The molecule has 2 rings (SSSR count). The molecule has 132 valence electrons. The molecule has 24 heavy (non-hydrogen) atoms. The van der Waals surface area contributed by atoms with E-state index in [1.54, 1.807) is 22.7 Å². The molecular weight excluding hydrogens is 336 g/mol. The van der Waals surface area contributed by atoms with Crippen molar-refractivity contribution in [1.29, 1.82) is 0 Å². The van der Waals surface area contributed by atoms with Gasteiger partial charge < -0.3 is 10.6 Å². The molecule has 0 spiro atoms. The van der Waals surface area contributed by atoms with Crippen LogP contribution < -0.4 is 10.6 Å². The van der Waals surface area contributed by atoms with Crippen LogP contribution in [-0.2, 0) is 11.8 Å². The van der Waals surface area contributed by atoms with Crippen LogP contribution in [0.2, 0.25) is 0 Å². The van der Waals surface area contributed by atoms with E-state index in [2.05, 4.69) is 67.7 Å². The Morgan fingerprint density at radius 1 is 1.29 bits per heavy atom. The van der Waals surface area contributed by atoms with Crippen LogP contribution in [0.5, 0.6) is 0 Å². The van der Waals surface area contributed by atoms with Crippen LogP contribution in [0.1, 0.15) is 41.2 Å². The van der Waals surface area contributed by atoms with Crippen LogP contribution in [0.25, 0.3) is 0 Å². The van der Waals surface area contributed by atoms with Gasteiger partial charge in [-0.15, -0.1) is 22.7 Å². The summed E-state index contributed by atoms with van der Waals surface area (Å²) >= 11 is 3.58. The largest absolute Gasteiger partial charge is 0.357 e. The van der Waals surface area contributed by atoms with Crippen LogP contribution >= 0.6 is 22.7 Å². The van der Waals surface area contributed by atoms with Gasteiger partial charge in [-0.25, -0.2) is 4.98 Å². The monoisotopic (exact) mass is 364 g/mol. The van der Waals surface area contributed by atoms with Crippen molar-refractivity contribution < 1.29 is 0 Å². The third-order valence-electron chi connectivity index (χ3n) is 3.81. The molecule has 2 aromatic rings. The molecule has 0 fully saturated rings. The molecule has 0 unspecified atom stereocenters. The Kier molecular flexibility index (Phi) is 6.80. The Hall–Kier alpha value is -1.40. The van der Waals surface area contributed by atoms with E-state index in [9.17, 15) is 0 Å². The lowest BCUT2D eigenvalue weighted by Gasteiger charge is -2.21. The smallest absolute Gasteiger partial charge is 0.191 e. The van der Waals surface area contributed by atoms with Gasteiger partial charge in [0.2, 0.25) is 0 Å². The minimum atomic E-state index is 0.0574. The topological polar surface area (TPSA) is 49.3 Å². The van der Waals surface area contributed by atoms with Crippen LogP contribution in [-0.4, -0.2) is 30.6 Å². The highest BCUT2D eigenvalue weighted by molar-refractivity contribution is 7.11. The van der Waals surface area contributed by atoms with E-state index in [1.165, 1.54) is 9.75 Å². The fraction of sp³-hybridized carbons (Fsp3) is 0.556. The normalized spacial score (nSPS) is 12.5. The van der Waals surface area contributed by atoms with E-state index < -0.39 is 0 Å². The molecule has 0 aliphatic carbocycles. The van der Waals surface area contributed by atoms with Gasteiger partial charge in [0.1, 0.15) is 0 Å². The molecule has 0 aromatic carbocycles. The fourth-order valence-electron chi connectivity index (χ4n) is 2.46. The maximum Gasteiger partial charge on any atom is 0.191 e. The first-order valence-corrected chi connectivity index (χ1v) is 10.1. The molecule has 2 heterocycles. The van der Waals surface area contributed by atoms with Gasteiger partial charge in [-0.1, -0.05) is 19.9 Å². The molecule has 0 radical (unpaired) electrons. The van der Waals surface area contributed by atoms with Gasteiger partial charge in [-0.2, -0.15) is 0 Å². The van der Waals surface area contributed by atoms with Crippen molar-refractivity contribution in [2.45, 2.75) is 46.5 Å². The quantitative estimate of drug-likeness (QED) is 0.579. The molecule has 0 amide bonds. The number of aromatic nitrogens is 1. The summed E-state index contributed by atoms with van der Waals surface area (Å²) in [4.78, 5) is 12.0. The maximum absolute atomic E-state index is 4.79. The highest BCUT2D eigenvalue weighted by atomic mass is 32.1. The van der Waals surface area contributed by atoms with E-state index in [0.717, 1.165) is 42.7 Å². The van der Waals surface area contributed by atoms with Gasteiger partial charge in [-0.05, 0) is 32.2 Å². The number of thiazole rings is 1. The number of aliphatic imine (C=N–C) groups is 1. The van der Waals surface area contributed by atoms with Gasteiger partial charge in [0.15, 0.2) is 5.96 Å². The minimum Gasteiger partial charge on any atom is -0.357 e. The predicted octanol–water partition coefficient (Wildman–Crippen LogP) is 3.90. The summed E-state index contributed by atoms with van der Waals surface area (Å²) in [5.74, 6) is 0.890. The molecule has 0 atom stereocenters. The van der Waals surface area contributed by atoms with Crippen molar-refractivity contribution in [2.75, 3.05) is 19.6 Å². The molecule has 4 nitrogen and oxygen atoms in total. The Morgan fingerprint density at radius 3 is 2.67 bits per heavy atom. The number of thiophene rings is 1. The molecule has 0 saturated carbocycles. The number of hydrogen-bond donors (Lipinski definition) is 2. The summed E-state index contributed by atoms with van der Waals surface area (Å²) in [6.07, 6.45) is 0.982. The predicted molar refractivity (Wildman–Crippen MR) is 107 cm³/mol. The van der Waals surface area contributed by atoms with Crippen molar-refractivity contribution in [3.8, 4) is 0 Å². The first-order chi connectivity index (χ1) is 11.4. The van der Waals surface area contributed by atoms with Crippen molar-refractivity contribution in [3.05, 3.63) is 38.0 Å². The van der Waals surface area contributed by atoms with E-state index >= 15 is 0 Å². The lowest BCUT2D eigenvalue weighted by Crippen LogP contribution is -2.39. The molecule has 0 aliphatic heterocycles. The third kappa shape index (κ3) is 5.31. The number of hydrogen-bond acceptors (Lipinski definition) is 4. The van der Waals surface area contributed by atoms with E-state index in [4.69, 9.17) is 4.99 Å². The Balaban J connectivity index is 1.92. The highest BCUT2D eigenvalue weighted by Crippen LogP contribution is 2.27. The van der Waals surface area contributed by atoms with Crippen LogP contribution in [0.4, 0.5) is 0 Å². The molecule has 0 aliphatic rings. The molecular formula is C18H28N4S2. The summed E-state index contributed by atoms with van der Waals surface area (Å²) in [6.45, 7) is 13.2. The first kappa shape index (κ1) is 18.9. The van der Waals surface area contributed by atoms with E-state index in [1.807, 2.05) is 0 Å². The zero-order valence-electron chi connectivity index (χ0n) is 15.3. The van der Waals surface area contributed by atoms with Crippen LogP contribution in [0.3, 0.4) is 0 Å². The summed E-state index contributed by atoms with van der Waals surface area (Å²) in [5, 5.41) is 10.0. The molecule has 6 heteroatoms. The van der Waals surface area contributed by atoms with Gasteiger partial charge in [-0.3, -0.25) is 4.99 Å². The Bertz CT molecular complexity index is 657. The molecule has 0 bridgehead atoms. The van der Waals surface area contributed by atoms with Gasteiger partial charge >= 0.3 is 0 Å². The number of nitrogens with zero attached hydrogens (tertiary/aromatic N) is 2. The summed E-state index contributed by atoms with van der Waals surface area (Å²) in [7, 11) is 0. The molecule has 2 N–H and O–H groups in total. The van der Waals surface area contributed by atoms with Crippen molar-refractivity contribution in [1.82, 2.24) is 15.6 Å². The zero-order chi connectivity index (χ0) is 17.6. The fourth-order valence-corrected chi connectivity index (χ4v) is 4.24. The second kappa shape index (κ2) is 8.62. The average molecular weight is 365 g/mol. The SMILES string of the molecule is CCNC(=NCC(C)(C)c1cccs1)NCCc1sc(C)nc1C.